The van der Waals surface area contributed by atoms with Crippen LogP contribution in [0.15, 0.2) is 22.7 Å². The van der Waals surface area contributed by atoms with Gasteiger partial charge in [-0.25, -0.2) is 4.79 Å². The number of ether oxygens (including phenoxy) is 2. The molecule has 1 amide bonds. The van der Waals surface area contributed by atoms with Gasteiger partial charge in [0.1, 0.15) is 12.4 Å². The van der Waals surface area contributed by atoms with Gasteiger partial charge in [0, 0.05) is 44.4 Å². The third kappa shape index (κ3) is 6.35. The molecule has 0 aliphatic carbocycles. The zero-order valence-corrected chi connectivity index (χ0v) is 17.3. The number of nitrogens with zero attached hydrogens (tertiary/aromatic N) is 3. The van der Waals surface area contributed by atoms with Gasteiger partial charge in [-0.3, -0.25) is 15.0 Å². The van der Waals surface area contributed by atoms with Gasteiger partial charge in [-0.2, -0.15) is 0 Å². The molecule has 150 valence electrons. The summed E-state index contributed by atoms with van der Waals surface area (Å²) in [7, 11) is 0. The van der Waals surface area contributed by atoms with Gasteiger partial charge in [-0.15, -0.1) is 0 Å². The van der Waals surface area contributed by atoms with Crippen LogP contribution in [0.4, 0.5) is 10.5 Å². The summed E-state index contributed by atoms with van der Waals surface area (Å²) in [4.78, 5) is 26.4. The van der Waals surface area contributed by atoms with E-state index in [0.29, 0.717) is 36.5 Å². The summed E-state index contributed by atoms with van der Waals surface area (Å²) in [5.74, 6) is 0.576. The van der Waals surface area contributed by atoms with E-state index in [-0.39, 0.29) is 17.8 Å². The minimum atomic E-state index is -0.442. The number of nitro benzene ring substituents is 1. The first-order valence-corrected chi connectivity index (χ1v) is 9.94. The number of rotatable bonds is 8. The highest BCUT2D eigenvalue weighted by atomic mass is 79.9. The summed E-state index contributed by atoms with van der Waals surface area (Å²) in [6, 6.07) is 4.53. The third-order valence-corrected chi connectivity index (χ3v) is 5.08. The third-order valence-electron chi connectivity index (χ3n) is 4.46. The molecule has 0 saturated carbocycles. The van der Waals surface area contributed by atoms with Crippen molar-refractivity contribution in [3.05, 3.63) is 32.8 Å². The number of piperazine rings is 1. The summed E-state index contributed by atoms with van der Waals surface area (Å²) in [5, 5.41) is 10.8. The lowest BCUT2D eigenvalue weighted by atomic mass is 10.2. The van der Waals surface area contributed by atoms with Gasteiger partial charge in [-0.05, 0) is 35.3 Å². The van der Waals surface area contributed by atoms with Gasteiger partial charge in [-0.1, -0.05) is 13.3 Å². The maximum Gasteiger partial charge on any atom is 0.410 e. The number of nitro groups is 1. The van der Waals surface area contributed by atoms with Crippen LogP contribution in [0.5, 0.6) is 5.75 Å². The Bertz CT molecular complexity index is 658. The average molecular weight is 444 g/mol. The molecule has 8 nitrogen and oxygen atoms in total. The Balaban J connectivity index is 1.75. The number of amides is 1. The first-order chi connectivity index (χ1) is 12.9. The minimum absolute atomic E-state index is 0.0185. The van der Waals surface area contributed by atoms with Crippen LogP contribution in [0.3, 0.4) is 0 Å². The first kappa shape index (κ1) is 21.4. The predicted molar refractivity (Wildman–Crippen MR) is 105 cm³/mol. The van der Waals surface area contributed by atoms with Crippen LogP contribution in [-0.4, -0.2) is 66.3 Å². The molecule has 1 saturated heterocycles. The van der Waals surface area contributed by atoms with Gasteiger partial charge in [0.25, 0.3) is 5.69 Å². The number of carbonyl (C=O) groups excluding carboxylic acids is 1. The molecule has 0 bridgehead atoms. The zero-order valence-electron chi connectivity index (χ0n) is 15.7. The number of carbonyl (C=O) groups is 1. The van der Waals surface area contributed by atoms with Crippen molar-refractivity contribution in [1.29, 1.82) is 0 Å². The lowest BCUT2D eigenvalue weighted by Gasteiger charge is -2.39. The van der Waals surface area contributed by atoms with E-state index in [4.69, 9.17) is 9.47 Å². The molecule has 1 atom stereocenters. The van der Waals surface area contributed by atoms with Gasteiger partial charge in [0.2, 0.25) is 0 Å². The Kier molecular flexibility index (Phi) is 8.30. The fourth-order valence-electron chi connectivity index (χ4n) is 2.90. The van der Waals surface area contributed by atoms with Crippen LogP contribution in [0.1, 0.15) is 26.7 Å². The monoisotopic (exact) mass is 443 g/mol. The predicted octanol–water partition coefficient (Wildman–Crippen LogP) is 3.68. The second-order valence-electron chi connectivity index (χ2n) is 6.53. The Hall–Kier alpha value is -1.87. The second kappa shape index (κ2) is 10.5. The molecule has 1 heterocycles. The van der Waals surface area contributed by atoms with E-state index in [1.165, 1.54) is 12.1 Å². The fraction of sp³-hybridized carbons (Fsp3) is 0.611. The Morgan fingerprint density at radius 3 is 2.78 bits per heavy atom. The molecular formula is C18H26BrN3O5. The highest BCUT2D eigenvalue weighted by Crippen LogP contribution is 2.29. The highest BCUT2D eigenvalue weighted by molar-refractivity contribution is 9.10. The lowest BCUT2D eigenvalue weighted by molar-refractivity contribution is -0.385. The average Bonchev–Trinajstić information content (AvgIpc) is 2.63. The van der Waals surface area contributed by atoms with E-state index in [2.05, 4.69) is 27.8 Å². The van der Waals surface area contributed by atoms with Crippen LogP contribution in [0.2, 0.25) is 0 Å². The standard InChI is InChI=1S/C18H26BrN3O5/c1-3-4-10-27-18(23)21-8-7-20(13-14(21)2)9-11-26-17-6-5-15(22(24)25)12-16(17)19/h5-6,12,14H,3-4,7-11,13H2,1-2H3/t14-/m0/s1. The van der Waals surface area contributed by atoms with Crippen molar-refractivity contribution in [3.63, 3.8) is 0 Å². The summed E-state index contributed by atoms with van der Waals surface area (Å²) in [5.41, 5.74) is 0.0185. The maximum absolute atomic E-state index is 12.1. The molecule has 9 heteroatoms. The van der Waals surface area contributed by atoms with Crippen molar-refractivity contribution >= 4 is 27.7 Å². The van der Waals surface area contributed by atoms with Crippen molar-refractivity contribution < 1.29 is 19.2 Å². The normalized spacial score (nSPS) is 17.6. The molecule has 0 unspecified atom stereocenters. The van der Waals surface area contributed by atoms with Crippen LogP contribution < -0.4 is 4.74 Å². The lowest BCUT2D eigenvalue weighted by Crippen LogP contribution is -2.54. The van der Waals surface area contributed by atoms with Gasteiger partial charge in [0.15, 0.2) is 0 Å². The molecule has 1 fully saturated rings. The molecule has 1 aliphatic rings. The number of halogens is 1. The number of hydrogen-bond acceptors (Lipinski definition) is 6. The smallest absolute Gasteiger partial charge is 0.410 e. The quantitative estimate of drug-likeness (QED) is 0.346. The molecule has 0 aromatic heterocycles. The number of non-ortho nitro benzene ring substituents is 1. The molecule has 27 heavy (non-hydrogen) atoms. The fourth-order valence-corrected chi connectivity index (χ4v) is 3.38. The number of hydrogen-bond donors (Lipinski definition) is 0. The molecular weight excluding hydrogens is 418 g/mol. The van der Waals surface area contributed by atoms with E-state index in [0.717, 1.165) is 25.9 Å². The summed E-state index contributed by atoms with van der Waals surface area (Å²) in [6.07, 6.45) is 1.65. The van der Waals surface area contributed by atoms with E-state index < -0.39 is 4.92 Å². The summed E-state index contributed by atoms with van der Waals surface area (Å²) >= 11 is 3.30. The van der Waals surface area contributed by atoms with Crippen molar-refractivity contribution in [2.45, 2.75) is 32.7 Å². The molecule has 2 rings (SSSR count). The van der Waals surface area contributed by atoms with Crippen molar-refractivity contribution in [2.75, 3.05) is 39.4 Å². The molecule has 0 radical (unpaired) electrons. The largest absolute Gasteiger partial charge is 0.491 e. The maximum atomic E-state index is 12.1. The van der Waals surface area contributed by atoms with Crippen molar-refractivity contribution in [3.8, 4) is 5.75 Å². The van der Waals surface area contributed by atoms with E-state index in [1.54, 1.807) is 11.0 Å². The second-order valence-corrected chi connectivity index (χ2v) is 7.39. The van der Waals surface area contributed by atoms with Crippen LogP contribution in [-0.2, 0) is 4.74 Å². The Morgan fingerprint density at radius 1 is 1.37 bits per heavy atom. The molecule has 0 N–H and O–H groups in total. The topological polar surface area (TPSA) is 85.2 Å². The van der Waals surface area contributed by atoms with Crippen LogP contribution >= 0.6 is 15.9 Å². The summed E-state index contributed by atoms with van der Waals surface area (Å²) < 4.78 is 11.6. The van der Waals surface area contributed by atoms with Crippen LogP contribution in [0.25, 0.3) is 0 Å². The van der Waals surface area contributed by atoms with E-state index in [1.807, 2.05) is 6.92 Å². The number of unbranched alkanes of at least 4 members (excludes halogenated alkanes) is 1. The van der Waals surface area contributed by atoms with Crippen LogP contribution in [0, 0.1) is 10.1 Å². The van der Waals surface area contributed by atoms with E-state index in [9.17, 15) is 14.9 Å². The molecule has 1 aromatic carbocycles. The molecule has 1 aromatic rings. The Morgan fingerprint density at radius 2 is 2.15 bits per heavy atom. The van der Waals surface area contributed by atoms with Crippen molar-refractivity contribution in [2.24, 2.45) is 0 Å². The number of benzene rings is 1. The summed E-state index contributed by atoms with van der Waals surface area (Å²) in [6.45, 7) is 7.88. The molecule has 1 aliphatic heterocycles. The zero-order chi connectivity index (χ0) is 19.8. The highest BCUT2D eigenvalue weighted by Gasteiger charge is 2.28. The van der Waals surface area contributed by atoms with E-state index >= 15 is 0 Å². The first-order valence-electron chi connectivity index (χ1n) is 9.14. The van der Waals surface area contributed by atoms with Crippen molar-refractivity contribution in [1.82, 2.24) is 9.80 Å². The minimum Gasteiger partial charge on any atom is -0.491 e. The van der Waals surface area contributed by atoms with Gasteiger partial charge in [0.05, 0.1) is 16.0 Å². The molecule has 0 spiro atoms. The Labute approximate surface area is 167 Å². The van der Waals surface area contributed by atoms with Gasteiger partial charge < -0.3 is 14.4 Å². The van der Waals surface area contributed by atoms with Gasteiger partial charge >= 0.3 is 6.09 Å². The SMILES string of the molecule is CCCCOC(=O)N1CCN(CCOc2ccc([N+](=O)[O-])cc2Br)C[C@@H]1C.